The highest BCUT2D eigenvalue weighted by Gasteiger charge is 2.59. The molecule has 1 fully saturated rings. The molecule has 0 aromatic rings. The van der Waals surface area contributed by atoms with E-state index in [2.05, 4.69) is 4.94 Å². The van der Waals surface area contributed by atoms with Crippen LogP contribution in [-0.2, 0) is 19.2 Å². The number of hydrogen-bond acceptors (Lipinski definition) is 4. The predicted octanol–water partition coefficient (Wildman–Crippen LogP) is 2.96. The standard InChI is InChI=1S/C12H23FO4/c1-5-15-11(14-4)8-6-7-9-12(11,17-13)16-10(2)3/h10H,5-9H2,1-4H3. The van der Waals surface area contributed by atoms with Crippen LogP contribution >= 0.6 is 0 Å². The minimum atomic E-state index is -1.45. The van der Waals surface area contributed by atoms with E-state index in [0.29, 0.717) is 19.4 Å². The van der Waals surface area contributed by atoms with E-state index in [1.54, 1.807) is 0 Å². The van der Waals surface area contributed by atoms with Gasteiger partial charge in [0.1, 0.15) is 0 Å². The average molecular weight is 250 g/mol. The normalized spacial score (nSPS) is 34.2. The van der Waals surface area contributed by atoms with Crippen LogP contribution < -0.4 is 0 Å². The van der Waals surface area contributed by atoms with E-state index in [9.17, 15) is 4.53 Å². The summed E-state index contributed by atoms with van der Waals surface area (Å²) in [5, 5.41) is 0. The van der Waals surface area contributed by atoms with E-state index >= 15 is 0 Å². The van der Waals surface area contributed by atoms with Crippen molar-refractivity contribution >= 4 is 0 Å². The van der Waals surface area contributed by atoms with Gasteiger partial charge in [0.15, 0.2) is 0 Å². The maximum absolute atomic E-state index is 13.1. The van der Waals surface area contributed by atoms with E-state index in [1.807, 2.05) is 20.8 Å². The lowest BCUT2D eigenvalue weighted by molar-refractivity contribution is -0.471. The third-order valence-electron chi connectivity index (χ3n) is 3.10. The molecule has 5 heteroatoms. The van der Waals surface area contributed by atoms with E-state index in [0.717, 1.165) is 12.8 Å². The molecule has 0 amide bonds. The predicted molar refractivity (Wildman–Crippen MR) is 61.0 cm³/mol. The molecule has 0 radical (unpaired) electrons. The molecule has 1 aliphatic carbocycles. The maximum atomic E-state index is 13.1. The summed E-state index contributed by atoms with van der Waals surface area (Å²) >= 11 is 0. The summed E-state index contributed by atoms with van der Waals surface area (Å²) in [6, 6.07) is 0. The number of hydrogen-bond donors (Lipinski definition) is 0. The highest BCUT2D eigenvalue weighted by Crippen LogP contribution is 2.45. The summed E-state index contributed by atoms with van der Waals surface area (Å²) in [5.74, 6) is -2.61. The lowest BCUT2D eigenvalue weighted by atomic mass is 9.87. The van der Waals surface area contributed by atoms with Crippen molar-refractivity contribution in [3.8, 4) is 0 Å². The van der Waals surface area contributed by atoms with Gasteiger partial charge in [-0.25, -0.2) is 0 Å². The Hall–Kier alpha value is -0.230. The van der Waals surface area contributed by atoms with Crippen molar-refractivity contribution in [2.24, 2.45) is 0 Å². The van der Waals surface area contributed by atoms with Gasteiger partial charge in [-0.05, 0) is 38.1 Å². The number of halogens is 1. The molecular weight excluding hydrogens is 227 g/mol. The minimum absolute atomic E-state index is 0.168. The SMILES string of the molecule is CCOC1(OC)CCCCC1(OF)OC(C)C. The molecule has 0 heterocycles. The average Bonchev–Trinajstić information content (AvgIpc) is 2.31. The van der Waals surface area contributed by atoms with Crippen LogP contribution in [0.2, 0.25) is 0 Å². The summed E-state index contributed by atoms with van der Waals surface area (Å²) < 4.78 is 29.8. The Morgan fingerprint density at radius 1 is 1.18 bits per heavy atom. The van der Waals surface area contributed by atoms with Gasteiger partial charge in [0, 0.05) is 26.6 Å². The Morgan fingerprint density at radius 3 is 2.18 bits per heavy atom. The van der Waals surface area contributed by atoms with Crippen LogP contribution in [0.5, 0.6) is 0 Å². The number of ether oxygens (including phenoxy) is 3. The van der Waals surface area contributed by atoms with Gasteiger partial charge >= 0.3 is 0 Å². The van der Waals surface area contributed by atoms with Crippen LogP contribution in [-0.4, -0.2) is 31.4 Å². The molecular formula is C12H23FO4. The summed E-state index contributed by atoms with van der Waals surface area (Å²) in [6.45, 7) is 5.93. The van der Waals surface area contributed by atoms with Crippen LogP contribution in [0, 0.1) is 0 Å². The van der Waals surface area contributed by atoms with E-state index in [-0.39, 0.29) is 6.10 Å². The molecule has 4 nitrogen and oxygen atoms in total. The maximum Gasteiger partial charge on any atom is 0.261 e. The van der Waals surface area contributed by atoms with Crippen molar-refractivity contribution in [1.82, 2.24) is 0 Å². The largest absolute Gasteiger partial charge is 0.349 e. The van der Waals surface area contributed by atoms with Gasteiger partial charge in [0.2, 0.25) is 5.79 Å². The Morgan fingerprint density at radius 2 is 1.76 bits per heavy atom. The summed E-state index contributed by atoms with van der Waals surface area (Å²) in [4.78, 5) is 4.18. The first-order chi connectivity index (χ1) is 8.06. The second kappa shape index (κ2) is 6.09. The summed E-state index contributed by atoms with van der Waals surface area (Å²) in [5.41, 5.74) is 0. The zero-order valence-corrected chi connectivity index (χ0v) is 11.1. The monoisotopic (exact) mass is 250 g/mol. The Bertz CT molecular complexity index is 233. The van der Waals surface area contributed by atoms with E-state index < -0.39 is 11.6 Å². The fraction of sp³-hybridized carbons (Fsp3) is 1.00. The van der Waals surface area contributed by atoms with Crippen molar-refractivity contribution in [2.75, 3.05) is 13.7 Å². The summed E-state index contributed by atoms with van der Waals surface area (Å²) in [7, 11) is 1.50. The molecule has 2 atom stereocenters. The molecule has 0 spiro atoms. The van der Waals surface area contributed by atoms with Gasteiger partial charge in [0.05, 0.1) is 6.10 Å². The Labute approximate surface area is 102 Å². The van der Waals surface area contributed by atoms with Gasteiger partial charge < -0.3 is 14.2 Å². The molecule has 1 aliphatic rings. The van der Waals surface area contributed by atoms with Gasteiger partial charge in [-0.2, -0.15) is 4.94 Å². The molecule has 0 saturated heterocycles. The Kier molecular flexibility index (Phi) is 5.31. The smallest absolute Gasteiger partial charge is 0.261 e. The van der Waals surface area contributed by atoms with Crippen LogP contribution in [0.3, 0.4) is 0 Å². The van der Waals surface area contributed by atoms with Gasteiger partial charge in [-0.3, -0.25) is 0 Å². The first-order valence-corrected chi connectivity index (χ1v) is 6.22. The number of methoxy groups -OCH3 is 1. The molecule has 17 heavy (non-hydrogen) atoms. The van der Waals surface area contributed by atoms with Gasteiger partial charge in [0.25, 0.3) is 5.79 Å². The fourth-order valence-electron chi connectivity index (χ4n) is 2.47. The van der Waals surface area contributed by atoms with Gasteiger partial charge in [-0.15, -0.1) is 0 Å². The molecule has 0 N–H and O–H groups in total. The highest BCUT2D eigenvalue weighted by molar-refractivity contribution is 4.93. The molecule has 0 bridgehead atoms. The zero-order valence-electron chi connectivity index (χ0n) is 11.1. The minimum Gasteiger partial charge on any atom is -0.349 e. The first kappa shape index (κ1) is 14.8. The molecule has 0 aromatic carbocycles. The Balaban J connectivity index is 3.01. The molecule has 0 aliphatic heterocycles. The molecule has 1 rings (SSSR count). The lowest BCUT2D eigenvalue weighted by Crippen LogP contribution is -2.62. The quantitative estimate of drug-likeness (QED) is 0.679. The van der Waals surface area contributed by atoms with Crippen molar-refractivity contribution < 1.29 is 23.7 Å². The van der Waals surface area contributed by atoms with Crippen molar-refractivity contribution in [1.29, 1.82) is 0 Å². The second-order valence-electron chi connectivity index (χ2n) is 4.59. The molecule has 0 aromatic heterocycles. The highest BCUT2D eigenvalue weighted by atomic mass is 19.3. The molecule has 102 valence electrons. The summed E-state index contributed by atoms with van der Waals surface area (Å²) in [6.07, 6.45) is 2.55. The third kappa shape index (κ3) is 2.78. The van der Waals surface area contributed by atoms with Crippen LogP contribution in [0.15, 0.2) is 0 Å². The van der Waals surface area contributed by atoms with E-state index in [1.165, 1.54) is 7.11 Å². The number of rotatable bonds is 6. The van der Waals surface area contributed by atoms with Crippen molar-refractivity contribution in [2.45, 2.75) is 64.1 Å². The second-order valence-corrected chi connectivity index (χ2v) is 4.59. The van der Waals surface area contributed by atoms with Crippen molar-refractivity contribution in [3.63, 3.8) is 0 Å². The topological polar surface area (TPSA) is 36.9 Å². The molecule has 2 unspecified atom stereocenters. The van der Waals surface area contributed by atoms with Crippen molar-refractivity contribution in [3.05, 3.63) is 0 Å². The lowest BCUT2D eigenvalue weighted by Gasteiger charge is -2.48. The first-order valence-electron chi connectivity index (χ1n) is 6.22. The van der Waals surface area contributed by atoms with Crippen LogP contribution in [0.25, 0.3) is 0 Å². The third-order valence-corrected chi connectivity index (χ3v) is 3.10. The van der Waals surface area contributed by atoms with Crippen LogP contribution in [0.1, 0.15) is 46.5 Å². The van der Waals surface area contributed by atoms with Gasteiger partial charge in [-0.1, -0.05) is 0 Å². The zero-order chi connectivity index (χ0) is 12.9. The molecule has 1 saturated carbocycles. The van der Waals surface area contributed by atoms with E-state index in [4.69, 9.17) is 14.2 Å². The van der Waals surface area contributed by atoms with Crippen LogP contribution in [0.4, 0.5) is 4.53 Å². The fourth-order valence-corrected chi connectivity index (χ4v) is 2.47.